The average Bonchev–Trinajstić information content (AvgIpc) is 2.49. The fourth-order valence-corrected chi connectivity index (χ4v) is 2.06. The number of rotatable bonds is 5. The van der Waals surface area contributed by atoms with Crippen molar-refractivity contribution in [2.75, 3.05) is 12.4 Å². The van der Waals surface area contributed by atoms with Crippen LogP contribution in [0.25, 0.3) is 0 Å². The number of nitrogens with two attached hydrogens (primary N) is 1. The maximum absolute atomic E-state index is 12.3. The Morgan fingerprint density at radius 2 is 1.86 bits per heavy atom. The minimum atomic E-state index is -0.693. The lowest BCUT2D eigenvalue weighted by Crippen LogP contribution is -2.28. The fraction of sp³-hybridized carbons (Fsp3) is 0.235. The van der Waals surface area contributed by atoms with Crippen molar-refractivity contribution in [2.24, 2.45) is 5.73 Å². The number of para-hydroxylation sites is 1. The van der Waals surface area contributed by atoms with Crippen molar-refractivity contribution in [1.29, 1.82) is 0 Å². The molecule has 2 aromatic carbocycles. The van der Waals surface area contributed by atoms with E-state index in [-0.39, 0.29) is 5.91 Å². The van der Waals surface area contributed by atoms with Crippen molar-refractivity contribution in [3.8, 4) is 0 Å². The molecule has 0 aliphatic carbocycles. The van der Waals surface area contributed by atoms with Crippen LogP contribution in [0, 0.1) is 6.92 Å². The Hall–Kier alpha value is -2.17. The van der Waals surface area contributed by atoms with E-state index in [2.05, 4.69) is 5.32 Å². The first-order chi connectivity index (χ1) is 10.1. The van der Waals surface area contributed by atoms with Gasteiger partial charge in [0.1, 0.15) is 6.04 Å². The van der Waals surface area contributed by atoms with E-state index in [1.54, 1.807) is 7.11 Å². The number of anilines is 1. The topological polar surface area (TPSA) is 64.3 Å². The van der Waals surface area contributed by atoms with Gasteiger partial charge in [-0.05, 0) is 18.6 Å². The maximum atomic E-state index is 12.3. The van der Waals surface area contributed by atoms with E-state index in [9.17, 15) is 4.79 Å². The summed E-state index contributed by atoms with van der Waals surface area (Å²) >= 11 is 0. The Morgan fingerprint density at radius 3 is 2.52 bits per heavy atom. The van der Waals surface area contributed by atoms with E-state index in [4.69, 9.17) is 10.5 Å². The fourth-order valence-electron chi connectivity index (χ4n) is 2.06. The molecule has 2 rings (SSSR count). The van der Waals surface area contributed by atoms with E-state index in [1.807, 2.05) is 55.5 Å². The first-order valence-corrected chi connectivity index (χ1v) is 6.81. The van der Waals surface area contributed by atoms with Crippen LogP contribution in [0.5, 0.6) is 0 Å². The summed E-state index contributed by atoms with van der Waals surface area (Å²) in [6, 6.07) is 14.5. The number of carbonyl (C=O) groups is 1. The van der Waals surface area contributed by atoms with Crippen molar-refractivity contribution in [3.63, 3.8) is 0 Å². The van der Waals surface area contributed by atoms with Crippen molar-refractivity contribution in [2.45, 2.75) is 19.6 Å². The molecule has 0 heterocycles. The number of amides is 1. The number of carbonyl (C=O) groups excluding carboxylic acids is 1. The predicted octanol–water partition coefficient (Wildman–Crippen LogP) is 2.78. The van der Waals surface area contributed by atoms with Gasteiger partial charge in [0.25, 0.3) is 0 Å². The summed E-state index contributed by atoms with van der Waals surface area (Å²) in [7, 11) is 1.62. The van der Waals surface area contributed by atoms with Crippen LogP contribution in [0.3, 0.4) is 0 Å². The molecule has 0 radical (unpaired) electrons. The van der Waals surface area contributed by atoms with Gasteiger partial charge in [-0.1, -0.05) is 48.0 Å². The highest BCUT2D eigenvalue weighted by molar-refractivity contribution is 5.96. The lowest BCUT2D eigenvalue weighted by molar-refractivity contribution is -0.117. The zero-order valence-corrected chi connectivity index (χ0v) is 12.3. The molecule has 0 fully saturated rings. The number of aryl methyl sites for hydroxylation is 1. The second-order valence-electron chi connectivity index (χ2n) is 4.97. The van der Waals surface area contributed by atoms with Gasteiger partial charge in [-0.3, -0.25) is 4.79 Å². The molecule has 0 saturated heterocycles. The van der Waals surface area contributed by atoms with E-state index in [0.29, 0.717) is 6.61 Å². The SMILES string of the molecule is COCc1ccccc1NC(=O)C(N)c1ccc(C)cc1. The molecule has 0 saturated carbocycles. The van der Waals surface area contributed by atoms with Crippen LogP contribution in [0.15, 0.2) is 48.5 Å². The van der Waals surface area contributed by atoms with Crippen LogP contribution in [-0.4, -0.2) is 13.0 Å². The summed E-state index contributed by atoms with van der Waals surface area (Å²) in [5.74, 6) is -0.234. The Kier molecular flexibility index (Phi) is 5.09. The summed E-state index contributed by atoms with van der Waals surface area (Å²) in [5, 5.41) is 2.86. The highest BCUT2D eigenvalue weighted by Crippen LogP contribution is 2.19. The number of benzene rings is 2. The molecule has 0 aliphatic heterocycles. The van der Waals surface area contributed by atoms with E-state index >= 15 is 0 Å². The largest absolute Gasteiger partial charge is 0.380 e. The molecule has 3 N–H and O–H groups in total. The third-order valence-corrected chi connectivity index (χ3v) is 3.29. The molecule has 1 amide bonds. The Morgan fingerprint density at radius 1 is 1.19 bits per heavy atom. The Bertz CT molecular complexity index is 608. The number of hydrogen-bond donors (Lipinski definition) is 2. The second-order valence-corrected chi connectivity index (χ2v) is 4.97. The zero-order valence-electron chi connectivity index (χ0n) is 12.3. The molecule has 4 heteroatoms. The van der Waals surface area contributed by atoms with Crippen molar-refractivity contribution >= 4 is 11.6 Å². The minimum Gasteiger partial charge on any atom is -0.380 e. The van der Waals surface area contributed by atoms with Crippen LogP contribution >= 0.6 is 0 Å². The van der Waals surface area contributed by atoms with Crippen LogP contribution < -0.4 is 11.1 Å². The van der Waals surface area contributed by atoms with E-state index in [1.165, 1.54) is 0 Å². The van der Waals surface area contributed by atoms with Gasteiger partial charge >= 0.3 is 0 Å². The summed E-state index contributed by atoms with van der Waals surface area (Å²) in [5.41, 5.74) is 9.60. The Balaban J connectivity index is 2.12. The summed E-state index contributed by atoms with van der Waals surface area (Å²) in [4.78, 5) is 12.3. The smallest absolute Gasteiger partial charge is 0.245 e. The highest BCUT2D eigenvalue weighted by Gasteiger charge is 2.16. The van der Waals surface area contributed by atoms with Gasteiger partial charge in [-0.2, -0.15) is 0 Å². The summed E-state index contributed by atoms with van der Waals surface area (Å²) in [6.45, 7) is 2.44. The molecular formula is C17H20N2O2. The predicted molar refractivity (Wildman–Crippen MR) is 83.9 cm³/mol. The molecule has 2 aromatic rings. The lowest BCUT2D eigenvalue weighted by atomic mass is 10.0. The standard InChI is InChI=1S/C17H20N2O2/c1-12-7-9-13(10-8-12)16(18)17(20)19-15-6-4-3-5-14(15)11-21-2/h3-10,16H,11,18H2,1-2H3,(H,19,20). The van der Waals surface area contributed by atoms with Crippen LogP contribution in [0.2, 0.25) is 0 Å². The van der Waals surface area contributed by atoms with Gasteiger partial charge in [-0.15, -0.1) is 0 Å². The van der Waals surface area contributed by atoms with Gasteiger partial charge in [0.15, 0.2) is 0 Å². The third-order valence-electron chi connectivity index (χ3n) is 3.29. The molecule has 110 valence electrons. The van der Waals surface area contributed by atoms with Crippen molar-refractivity contribution < 1.29 is 9.53 Å². The third kappa shape index (κ3) is 3.90. The number of nitrogens with one attached hydrogen (secondary N) is 1. The van der Waals surface area contributed by atoms with E-state index < -0.39 is 6.04 Å². The zero-order chi connectivity index (χ0) is 15.2. The van der Waals surface area contributed by atoms with Crippen LogP contribution in [-0.2, 0) is 16.1 Å². The molecule has 1 atom stereocenters. The average molecular weight is 284 g/mol. The van der Waals surface area contributed by atoms with Gasteiger partial charge < -0.3 is 15.8 Å². The molecule has 0 aromatic heterocycles. The maximum Gasteiger partial charge on any atom is 0.245 e. The molecule has 21 heavy (non-hydrogen) atoms. The van der Waals surface area contributed by atoms with Gasteiger partial charge in [0.2, 0.25) is 5.91 Å². The van der Waals surface area contributed by atoms with Gasteiger partial charge in [0, 0.05) is 18.4 Å². The molecule has 0 aliphatic rings. The molecule has 0 bridgehead atoms. The van der Waals surface area contributed by atoms with E-state index in [0.717, 1.165) is 22.4 Å². The van der Waals surface area contributed by atoms with Crippen LogP contribution in [0.4, 0.5) is 5.69 Å². The first kappa shape index (κ1) is 15.2. The highest BCUT2D eigenvalue weighted by atomic mass is 16.5. The quantitative estimate of drug-likeness (QED) is 0.887. The van der Waals surface area contributed by atoms with Gasteiger partial charge in [-0.25, -0.2) is 0 Å². The summed E-state index contributed by atoms with van der Waals surface area (Å²) < 4.78 is 5.13. The number of hydrogen-bond acceptors (Lipinski definition) is 3. The molecular weight excluding hydrogens is 264 g/mol. The Labute approximate surface area is 124 Å². The van der Waals surface area contributed by atoms with Crippen molar-refractivity contribution in [1.82, 2.24) is 0 Å². The first-order valence-electron chi connectivity index (χ1n) is 6.81. The molecule has 4 nitrogen and oxygen atoms in total. The molecule has 0 spiro atoms. The lowest BCUT2D eigenvalue weighted by Gasteiger charge is -2.15. The molecule has 1 unspecified atom stereocenters. The monoisotopic (exact) mass is 284 g/mol. The van der Waals surface area contributed by atoms with Gasteiger partial charge in [0.05, 0.1) is 6.61 Å². The minimum absolute atomic E-state index is 0.234. The number of methoxy groups -OCH3 is 1. The number of ether oxygens (including phenoxy) is 1. The second kappa shape index (κ2) is 7.02. The van der Waals surface area contributed by atoms with Crippen LogP contribution in [0.1, 0.15) is 22.7 Å². The summed E-state index contributed by atoms with van der Waals surface area (Å²) in [6.07, 6.45) is 0. The normalized spacial score (nSPS) is 12.0. The van der Waals surface area contributed by atoms with Crippen molar-refractivity contribution in [3.05, 3.63) is 65.2 Å².